The summed E-state index contributed by atoms with van der Waals surface area (Å²) >= 11 is 0.907. The predicted octanol–water partition coefficient (Wildman–Crippen LogP) is 2.30. The predicted molar refractivity (Wildman–Crippen MR) is 86.0 cm³/mol. The van der Waals surface area contributed by atoms with Gasteiger partial charge in [0.05, 0.1) is 5.01 Å². The number of nitrogens with one attached hydrogen (secondary N) is 2. The van der Waals surface area contributed by atoms with Crippen LogP contribution in [0.25, 0.3) is 0 Å². The van der Waals surface area contributed by atoms with Crippen LogP contribution < -0.4 is 16.4 Å². The van der Waals surface area contributed by atoms with E-state index in [1.54, 1.807) is 24.3 Å². The molecule has 3 amide bonds. The summed E-state index contributed by atoms with van der Waals surface area (Å²) in [6.07, 6.45) is -4.24. The smallest absolute Gasteiger partial charge is 0.352 e. The average molecular weight is 372 g/mol. The van der Waals surface area contributed by atoms with E-state index in [9.17, 15) is 22.8 Å². The highest BCUT2D eigenvalue weighted by Gasteiger charge is 2.33. The van der Waals surface area contributed by atoms with Crippen LogP contribution in [0.5, 0.6) is 0 Å². The molecule has 0 spiro atoms. The van der Waals surface area contributed by atoms with E-state index in [1.165, 1.54) is 0 Å². The summed E-state index contributed by atoms with van der Waals surface area (Å²) in [4.78, 5) is 26.1. The van der Waals surface area contributed by atoms with Crippen LogP contribution in [0.15, 0.2) is 29.6 Å². The van der Waals surface area contributed by atoms with Crippen LogP contribution in [0.2, 0.25) is 0 Å². The van der Waals surface area contributed by atoms with Crippen molar-refractivity contribution in [2.75, 3.05) is 6.54 Å². The van der Waals surface area contributed by atoms with Gasteiger partial charge in [-0.25, -0.2) is 9.78 Å². The van der Waals surface area contributed by atoms with E-state index >= 15 is 0 Å². The number of nitrogens with zero attached hydrogens (tertiary/aromatic N) is 1. The number of thiazole rings is 1. The third-order valence-electron chi connectivity index (χ3n) is 3.15. The zero-order chi connectivity index (χ0) is 18.4. The van der Waals surface area contributed by atoms with Crippen LogP contribution in [0.3, 0.4) is 0 Å². The molecule has 1 aromatic heterocycles. The summed E-state index contributed by atoms with van der Waals surface area (Å²) in [7, 11) is 0. The molecule has 1 aromatic carbocycles. The highest BCUT2D eigenvalue weighted by molar-refractivity contribution is 7.09. The van der Waals surface area contributed by atoms with Gasteiger partial charge in [-0.15, -0.1) is 11.3 Å². The Morgan fingerprint density at radius 1 is 1.16 bits per heavy atom. The number of carbonyl (C=O) groups excluding carboxylic acids is 2. The normalized spacial score (nSPS) is 11.2. The fraction of sp³-hybridized carbons (Fsp3) is 0.267. The van der Waals surface area contributed by atoms with Gasteiger partial charge in [-0.2, -0.15) is 13.2 Å². The molecule has 2 aromatic rings. The lowest BCUT2D eigenvalue weighted by Crippen LogP contribution is -2.28. The quantitative estimate of drug-likeness (QED) is 0.726. The number of carbonyl (C=O) groups is 2. The molecule has 0 unspecified atom stereocenters. The van der Waals surface area contributed by atoms with Crippen molar-refractivity contribution in [3.63, 3.8) is 0 Å². The largest absolute Gasteiger partial charge is 0.434 e. The third kappa shape index (κ3) is 5.75. The highest BCUT2D eigenvalue weighted by atomic mass is 32.1. The molecule has 0 saturated carbocycles. The van der Waals surface area contributed by atoms with Gasteiger partial charge in [0.2, 0.25) is 0 Å². The second-order valence-electron chi connectivity index (χ2n) is 5.04. The summed E-state index contributed by atoms with van der Waals surface area (Å²) in [6, 6.07) is 5.86. The van der Waals surface area contributed by atoms with Crippen molar-refractivity contribution in [2.45, 2.75) is 19.1 Å². The first-order valence-corrected chi connectivity index (χ1v) is 8.05. The Bertz CT molecular complexity index is 744. The number of alkyl halides is 3. The molecule has 0 aliphatic rings. The minimum atomic E-state index is -4.46. The van der Waals surface area contributed by atoms with Crippen LogP contribution in [-0.4, -0.2) is 23.5 Å². The Labute approximate surface area is 145 Å². The van der Waals surface area contributed by atoms with Gasteiger partial charge in [0, 0.05) is 30.5 Å². The van der Waals surface area contributed by atoms with Crippen molar-refractivity contribution in [1.82, 2.24) is 15.6 Å². The third-order valence-corrected chi connectivity index (χ3v) is 4.06. The zero-order valence-electron chi connectivity index (χ0n) is 12.9. The van der Waals surface area contributed by atoms with Crippen molar-refractivity contribution in [1.29, 1.82) is 0 Å². The molecule has 1 heterocycles. The van der Waals surface area contributed by atoms with Crippen molar-refractivity contribution >= 4 is 23.3 Å². The number of aromatic nitrogens is 1. The van der Waals surface area contributed by atoms with Crippen molar-refractivity contribution in [2.24, 2.45) is 5.73 Å². The van der Waals surface area contributed by atoms with Crippen LogP contribution in [0.1, 0.15) is 26.6 Å². The molecule has 6 nitrogen and oxygen atoms in total. The van der Waals surface area contributed by atoms with Crippen LogP contribution in [-0.2, 0) is 19.1 Å². The molecule has 0 atom stereocenters. The molecular formula is C15H15F3N4O2S. The van der Waals surface area contributed by atoms with Gasteiger partial charge in [-0.1, -0.05) is 12.1 Å². The summed E-state index contributed by atoms with van der Waals surface area (Å²) in [5.74, 6) is -0.345. The van der Waals surface area contributed by atoms with E-state index < -0.39 is 17.9 Å². The Morgan fingerprint density at radius 2 is 1.84 bits per heavy atom. The van der Waals surface area contributed by atoms with Crippen molar-refractivity contribution in [3.8, 4) is 0 Å². The molecule has 134 valence electrons. The number of amides is 3. The van der Waals surface area contributed by atoms with E-state index in [4.69, 9.17) is 5.73 Å². The first kappa shape index (κ1) is 18.7. The number of primary amides is 1. The summed E-state index contributed by atoms with van der Waals surface area (Å²) in [5.41, 5.74) is 5.22. The van der Waals surface area contributed by atoms with Gasteiger partial charge in [-0.05, 0) is 17.7 Å². The Kier molecular flexibility index (Phi) is 5.97. The van der Waals surface area contributed by atoms with E-state index in [-0.39, 0.29) is 25.4 Å². The lowest BCUT2D eigenvalue weighted by Gasteiger charge is -2.06. The van der Waals surface area contributed by atoms with Crippen LogP contribution in [0.4, 0.5) is 18.0 Å². The maximum absolute atomic E-state index is 12.4. The number of hydrogen-bond donors (Lipinski definition) is 3. The summed E-state index contributed by atoms with van der Waals surface area (Å²) in [5, 5.41) is 6.31. The topological polar surface area (TPSA) is 97.1 Å². The second-order valence-corrected chi connectivity index (χ2v) is 5.99. The number of hydrogen-bond acceptors (Lipinski definition) is 4. The monoisotopic (exact) mass is 372 g/mol. The lowest BCUT2D eigenvalue weighted by atomic mass is 10.1. The standard InChI is InChI=1S/C15H15F3N4O2S/c16-15(17,18)11-8-25-12(22-11)5-6-20-13(23)10-3-1-9(2-4-10)7-21-14(19)24/h1-4,8H,5-7H2,(H,20,23)(H3,19,21,24). The lowest BCUT2D eigenvalue weighted by molar-refractivity contribution is -0.140. The molecular weight excluding hydrogens is 357 g/mol. The van der Waals surface area contributed by atoms with Gasteiger partial charge in [-0.3, -0.25) is 4.79 Å². The molecule has 0 aliphatic heterocycles. The number of nitrogens with two attached hydrogens (primary N) is 1. The van der Waals surface area contributed by atoms with E-state index in [1.807, 2.05) is 0 Å². The first-order chi connectivity index (χ1) is 11.8. The fourth-order valence-corrected chi connectivity index (χ4v) is 2.71. The van der Waals surface area contributed by atoms with Crippen LogP contribution >= 0.6 is 11.3 Å². The van der Waals surface area contributed by atoms with Gasteiger partial charge in [0.15, 0.2) is 5.69 Å². The van der Waals surface area contributed by atoms with E-state index in [2.05, 4.69) is 15.6 Å². The van der Waals surface area contributed by atoms with Gasteiger partial charge in [0.1, 0.15) is 0 Å². The number of rotatable bonds is 6. The molecule has 2 rings (SSSR count). The maximum Gasteiger partial charge on any atom is 0.434 e. The molecule has 0 aliphatic carbocycles. The van der Waals surface area contributed by atoms with E-state index in [0.717, 1.165) is 22.3 Å². The Balaban J connectivity index is 1.82. The zero-order valence-corrected chi connectivity index (χ0v) is 13.7. The van der Waals surface area contributed by atoms with E-state index in [0.29, 0.717) is 10.6 Å². The minimum absolute atomic E-state index is 0.175. The maximum atomic E-state index is 12.4. The minimum Gasteiger partial charge on any atom is -0.352 e. The van der Waals surface area contributed by atoms with Crippen molar-refractivity contribution < 1.29 is 22.8 Å². The molecule has 0 radical (unpaired) electrons. The fourth-order valence-electron chi connectivity index (χ4n) is 1.90. The summed E-state index contributed by atoms with van der Waals surface area (Å²) < 4.78 is 37.3. The number of halogens is 3. The molecule has 0 saturated heterocycles. The molecule has 25 heavy (non-hydrogen) atoms. The van der Waals surface area contributed by atoms with Gasteiger partial charge < -0.3 is 16.4 Å². The SMILES string of the molecule is NC(=O)NCc1ccc(C(=O)NCCc2nc(C(F)(F)F)cs2)cc1. The van der Waals surface area contributed by atoms with Crippen molar-refractivity contribution in [3.05, 3.63) is 51.5 Å². The molecule has 0 fully saturated rings. The Morgan fingerprint density at radius 3 is 2.40 bits per heavy atom. The molecule has 10 heteroatoms. The Hall–Kier alpha value is -2.62. The summed E-state index contributed by atoms with van der Waals surface area (Å²) in [6.45, 7) is 0.428. The van der Waals surface area contributed by atoms with Crippen LogP contribution in [0, 0.1) is 0 Å². The molecule has 0 bridgehead atoms. The second kappa shape index (κ2) is 7.97. The molecule has 4 N–H and O–H groups in total. The van der Waals surface area contributed by atoms with Gasteiger partial charge in [0.25, 0.3) is 5.91 Å². The highest BCUT2D eigenvalue weighted by Crippen LogP contribution is 2.29. The average Bonchev–Trinajstić information content (AvgIpc) is 3.02. The number of benzene rings is 1. The first-order valence-electron chi connectivity index (χ1n) is 7.18. The number of urea groups is 1. The van der Waals surface area contributed by atoms with Gasteiger partial charge >= 0.3 is 12.2 Å².